The number of nitrogens with zero attached hydrogens (tertiary/aromatic N) is 1. The molecule has 4 rings (SSSR count). The monoisotopic (exact) mass is 420 g/mol. The van der Waals surface area contributed by atoms with Crippen LogP contribution in [-0.4, -0.2) is 13.1 Å². The van der Waals surface area contributed by atoms with Crippen molar-refractivity contribution in [2.24, 2.45) is 0 Å². The zero-order valence-corrected chi connectivity index (χ0v) is 18.3. The van der Waals surface area contributed by atoms with E-state index in [0.717, 1.165) is 41.8 Å². The van der Waals surface area contributed by atoms with Crippen LogP contribution in [0, 0.1) is 6.92 Å². The Kier molecular flexibility index (Phi) is 6.81. The Morgan fingerprint density at radius 1 is 0.933 bits per heavy atom. The molecule has 1 N–H and O–H groups in total. The van der Waals surface area contributed by atoms with E-state index in [2.05, 4.69) is 59.6 Å². The van der Waals surface area contributed by atoms with Crippen LogP contribution in [0.4, 0.5) is 11.4 Å². The molecular weight excluding hydrogens is 392 g/mol. The van der Waals surface area contributed by atoms with Gasteiger partial charge in [-0.1, -0.05) is 48.0 Å². The number of nitrogens with one attached hydrogen (secondary N) is 1. The predicted molar refractivity (Wildman–Crippen MR) is 127 cm³/mol. The Morgan fingerprint density at radius 3 is 2.43 bits per heavy atom. The molecule has 1 saturated heterocycles. The van der Waals surface area contributed by atoms with Crippen LogP contribution < -0.4 is 15.0 Å². The van der Waals surface area contributed by atoms with Gasteiger partial charge in [-0.15, -0.1) is 0 Å². The average molecular weight is 421 g/mol. The predicted octanol–water partition coefficient (Wildman–Crippen LogP) is 6.83. The molecule has 1 fully saturated rings. The third-order valence-electron chi connectivity index (χ3n) is 5.72. The standard InChI is InChI=1S/C26H29ClN2O/c1-20-7-3-4-8-22(20)19-30-24-12-9-21(10-13-24)18-28-23-11-14-26(25(27)17-23)29-15-5-2-6-16-29/h3-4,7-14,17,28H,2,5-6,15-16,18-19H2,1H3. The lowest BCUT2D eigenvalue weighted by atomic mass is 10.1. The molecule has 3 aromatic carbocycles. The van der Waals surface area contributed by atoms with Crippen molar-refractivity contribution in [3.05, 3.63) is 88.4 Å². The van der Waals surface area contributed by atoms with Crippen LogP contribution >= 0.6 is 11.6 Å². The van der Waals surface area contributed by atoms with E-state index in [-0.39, 0.29) is 0 Å². The topological polar surface area (TPSA) is 24.5 Å². The molecule has 0 amide bonds. The Labute approximate surface area is 184 Å². The van der Waals surface area contributed by atoms with Gasteiger partial charge in [0.25, 0.3) is 0 Å². The van der Waals surface area contributed by atoms with Gasteiger partial charge in [0.15, 0.2) is 0 Å². The second-order valence-corrected chi connectivity index (χ2v) is 8.33. The number of aryl methyl sites for hydroxylation is 1. The summed E-state index contributed by atoms with van der Waals surface area (Å²) in [5, 5.41) is 4.29. The van der Waals surface area contributed by atoms with Crippen LogP contribution in [0.5, 0.6) is 5.75 Å². The minimum Gasteiger partial charge on any atom is -0.489 e. The molecule has 0 aliphatic carbocycles. The maximum atomic E-state index is 6.56. The quantitative estimate of drug-likeness (QED) is 0.453. The Morgan fingerprint density at radius 2 is 1.70 bits per heavy atom. The van der Waals surface area contributed by atoms with Crippen molar-refractivity contribution in [1.29, 1.82) is 0 Å². The highest BCUT2D eigenvalue weighted by atomic mass is 35.5. The van der Waals surface area contributed by atoms with Gasteiger partial charge in [-0.05, 0) is 73.2 Å². The van der Waals surface area contributed by atoms with Crippen molar-refractivity contribution >= 4 is 23.0 Å². The molecule has 0 aromatic heterocycles. The molecule has 4 heteroatoms. The Balaban J connectivity index is 1.30. The maximum absolute atomic E-state index is 6.56. The van der Waals surface area contributed by atoms with E-state index in [1.54, 1.807) is 0 Å². The molecule has 3 nitrogen and oxygen atoms in total. The van der Waals surface area contributed by atoms with Crippen molar-refractivity contribution in [1.82, 2.24) is 0 Å². The molecule has 0 saturated carbocycles. The van der Waals surface area contributed by atoms with Gasteiger partial charge >= 0.3 is 0 Å². The van der Waals surface area contributed by atoms with Crippen LogP contribution in [-0.2, 0) is 13.2 Å². The minimum absolute atomic E-state index is 0.589. The van der Waals surface area contributed by atoms with Crippen LogP contribution in [0.2, 0.25) is 5.02 Å². The fourth-order valence-corrected chi connectivity index (χ4v) is 4.15. The highest BCUT2D eigenvalue weighted by molar-refractivity contribution is 6.33. The van der Waals surface area contributed by atoms with Crippen LogP contribution in [0.25, 0.3) is 0 Å². The summed E-state index contributed by atoms with van der Waals surface area (Å²) in [5.74, 6) is 0.885. The van der Waals surface area contributed by atoms with Crippen molar-refractivity contribution in [2.45, 2.75) is 39.3 Å². The number of ether oxygens (including phenoxy) is 1. The van der Waals surface area contributed by atoms with Gasteiger partial charge < -0.3 is 15.0 Å². The summed E-state index contributed by atoms with van der Waals surface area (Å²) in [4.78, 5) is 2.39. The first-order chi connectivity index (χ1) is 14.7. The summed E-state index contributed by atoms with van der Waals surface area (Å²) in [5.41, 5.74) is 5.86. The van der Waals surface area contributed by atoms with Crippen molar-refractivity contribution < 1.29 is 4.74 Å². The van der Waals surface area contributed by atoms with Gasteiger partial charge in [-0.3, -0.25) is 0 Å². The second kappa shape index (κ2) is 9.90. The lowest BCUT2D eigenvalue weighted by Gasteiger charge is -2.29. The van der Waals surface area contributed by atoms with Gasteiger partial charge in [-0.25, -0.2) is 0 Å². The number of anilines is 2. The van der Waals surface area contributed by atoms with Crippen LogP contribution in [0.1, 0.15) is 36.0 Å². The van der Waals surface area contributed by atoms with E-state index in [1.807, 2.05) is 24.3 Å². The van der Waals surface area contributed by atoms with Crippen molar-refractivity contribution in [2.75, 3.05) is 23.3 Å². The SMILES string of the molecule is Cc1ccccc1COc1ccc(CNc2ccc(N3CCCCC3)c(Cl)c2)cc1. The molecule has 156 valence electrons. The Hall–Kier alpha value is -2.65. The summed E-state index contributed by atoms with van der Waals surface area (Å²) in [6, 6.07) is 22.9. The van der Waals surface area contributed by atoms with Gasteiger partial charge in [0.1, 0.15) is 12.4 Å². The first-order valence-corrected chi connectivity index (χ1v) is 11.1. The number of hydrogen-bond donors (Lipinski definition) is 1. The molecule has 0 atom stereocenters. The van der Waals surface area contributed by atoms with E-state index in [0.29, 0.717) is 6.61 Å². The number of hydrogen-bond acceptors (Lipinski definition) is 3. The molecule has 0 radical (unpaired) electrons. The van der Waals surface area contributed by atoms with E-state index in [1.165, 1.54) is 36.0 Å². The van der Waals surface area contributed by atoms with Crippen molar-refractivity contribution in [3.8, 4) is 5.75 Å². The van der Waals surface area contributed by atoms with Crippen LogP contribution in [0.15, 0.2) is 66.7 Å². The van der Waals surface area contributed by atoms with E-state index >= 15 is 0 Å². The lowest BCUT2D eigenvalue weighted by molar-refractivity contribution is 0.305. The summed E-state index contributed by atoms with van der Waals surface area (Å²) < 4.78 is 5.93. The first kappa shape index (κ1) is 20.6. The zero-order chi connectivity index (χ0) is 20.8. The zero-order valence-electron chi connectivity index (χ0n) is 17.5. The summed E-state index contributed by atoms with van der Waals surface area (Å²) >= 11 is 6.56. The number of halogens is 1. The molecule has 0 spiro atoms. The number of benzene rings is 3. The molecule has 1 aliphatic rings. The second-order valence-electron chi connectivity index (χ2n) is 7.93. The third kappa shape index (κ3) is 5.28. The normalized spacial score (nSPS) is 13.9. The van der Waals surface area contributed by atoms with Gasteiger partial charge in [0.05, 0.1) is 10.7 Å². The highest BCUT2D eigenvalue weighted by Gasteiger charge is 2.14. The molecule has 0 unspecified atom stereocenters. The van der Waals surface area contributed by atoms with E-state index in [9.17, 15) is 0 Å². The maximum Gasteiger partial charge on any atom is 0.119 e. The molecule has 1 aliphatic heterocycles. The molecule has 0 bridgehead atoms. The number of piperidine rings is 1. The summed E-state index contributed by atoms with van der Waals surface area (Å²) in [7, 11) is 0. The molecule has 1 heterocycles. The molecular formula is C26H29ClN2O. The molecule has 30 heavy (non-hydrogen) atoms. The first-order valence-electron chi connectivity index (χ1n) is 10.7. The average Bonchev–Trinajstić information content (AvgIpc) is 2.78. The minimum atomic E-state index is 0.589. The Bertz CT molecular complexity index is 965. The van der Waals surface area contributed by atoms with E-state index in [4.69, 9.17) is 16.3 Å². The summed E-state index contributed by atoms with van der Waals surface area (Å²) in [6.07, 6.45) is 3.82. The van der Waals surface area contributed by atoms with Crippen LogP contribution in [0.3, 0.4) is 0 Å². The highest BCUT2D eigenvalue weighted by Crippen LogP contribution is 2.31. The molecule has 3 aromatic rings. The smallest absolute Gasteiger partial charge is 0.119 e. The third-order valence-corrected chi connectivity index (χ3v) is 6.02. The van der Waals surface area contributed by atoms with Gasteiger partial charge in [-0.2, -0.15) is 0 Å². The summed E-state index contributed by atoms with van der Waals surface area (Å²) in [6.45, 7) is 5.65. The number of rotatable bonds is 7. The van der Waals surface area contributed by atoms with Gasteiger partial charge in [0.2, 0.25) is 0 Å². The fraction of sp³-hybridized carbons (Fsp3) is 0.308. The van der Waals surface area contributed by atoms with Crippen molar-refractivity contribution in [3.63, 3.8) is 0 Å². The fourth-order valence-electron chi connectivity index (χ4n) is 3.85. The van der Waals surface area contributed by atoms with Gasteiger partial charge in [0, 0.05) is 25.3 Å². The lowest BCUT2D eigenvalue weighted by Crippen LogP contribution is -2.29. The largest absolute Gasteiger partial charge is 0.489 e. The van der Waals surface area contributed by atoms with E-state index < -0.39 is 0 Å².